The first-order valence-electron chi connectivity index (χ1n) is 44.0. The minimum absolute atomic E-state index is 0.254. The van der Waals surface area contributed by atoms with E-state index in [0.717, 1.165) is 204 Å². The number of phenols is 11. The number of hydrogen-bond donors (Lipinski definition) is 11. The van der Waals surface area contributed by atoms with Gasteiger partial charge in [0.05, 0.1) is 0 Å². The summed E-state index contributed by atoms with van der Waals surface area (Å²) >= 11 is 0. The van der Waals surface area contributed by atoms with E-state index in [1.165, 1.54) is 27.8 Å². The maximum atomic E-state index is 10.7. The Hall–Kier alpha value is -12.3. The van der Waals surface area contributed by atoms with Crippen LogP contribution in [0.4, 0.5) is 0 Å². The predicted molar refractivity (Wildman–Crippen MR) is 515 cm³/mol. The molecule has 0 radical (unpaired) electrons. The molecule has 0 saturated heterocycles. The fourth-order valence-electron chi connectivity index (χ4n) is 20.3. The van der Waals surface area contributed by atoms with Crippen molar-refractivity contribution in [1.29, 1.82) is 0 Å². The van der Waals surface area contributed by atoms with Crippen molar-refractivity contribution in [2.24, 2.45) is 0 Å². The number of hydrogen-bond acceptors (Lipinski definition) is 11. The molecule has 14 rings (SSSR count). The summed E-state index contributed by atoms with van der Waals surface area (Å²) in [5, 5.41) is 117. The van der Waals surface area contributed by atoms with Gasteiger partial charge in [0.2, 0.25) is 0 Å². The van der Waals surface area contributed by atoms with Crippen molar-refractivity contribution in [3.05, 3.63) is 388 Å². The van der Waals surface area contributed by atoms with Gasteiger partial charge in [-0.15, -0.1) is 0 Å². The zero-order valence-electron chi connectivity index (χ0n) is 79.1. The summed E-state index contributed by atoms with van der Waals surface area (Å²) in [6.07, 6.45) is 3.38. The second-order valence-corrected chi connectivity index (χ2v) is 38.4. The SMILES string of the molecule is Cc1cc(C(C)(C)c2ccc(C(C)(c3cc(C)c(O)c(C)c3)c3cc(C)c(O)c(C)c3)cc2)cc(C)c1O.Cc1cc(C(C)(c2ccc(C(C)(c3cc(C)c(O)c(C)c3)c3cc(C)c(O)c(C)c3)cc2)c2cc(C)c(O)c(C)c2)cc(C)c1O.Cc1cc(C2(c3cc(C)c(O)c(C)c3)CCC(c3cc(C)c(O)c(C)c3)(c3cc(C)c(O)c(C)c3)CC2)cc(C)c1O. The number of benzene rings is 13. The molecule has 0 bridgehead atoms. The molecule has 0 unspecified atom stereocenters. The second-order valence-electron chi connectivity index (χ2n) is 38.4. The lowest BCUT2D eigenvalue weighted by molar-refractivity contribution is 0.255. The molecular weight excluding hydrogens is 1560 g/mol. The Balaban J connectivity index is 0.000000173. The van der Waals surface area contributed by atoms with Crippen molar-refractivity contribution in [3.8, 4) is 63.2 Å². The van der Waals surface area contributed by atoms with Crippen LogP contribution in [-0.4, -0.2) is 56.2 Å². The van der Waals surface area contributed by atoms with Gasteiger partial charge in [-0.1, -0.05) is 196 Å². The van der Waals surface area contributed by atoms with Crippen LogP contribution in [0.25, 0.3) is 0 Å². The molecule has 11 nitrogen and oxygen atoms in total. The molecule has 13 aromatic rings. The summed E-state index contributed by atoms with van der Waals surface area (Å²) in [5.41, 5.74) is 32.7. The van der Waals surface area contributed by atoms with Crippen LogP contribution in [0.15, 0.2) is 182 Å². The number of phenolic OH excluding ortho intramolecular Hbond substituents is 11. The van der Waals surface area contributed by atoms with Crippen molar-refractivity contribution in [2.75, 3.05) is 0 Å². The Bertz CT molecular complexity index is 5620. The maximum Gasteiger partial charge on any atom is 0.121 e. The highest BCUT2D eigenvalue weighted by atomic mass is 16.3. The first kappa shape index (κ1) is 92.8. The largest absolute Gasteiger partial charge is 0.507 e. The van der Waals surface area contributed by atoms with Crippen LogP contribution in [0.3, 0.4) is 0 Å². The van der Waals surface area contributed by atoms with Crippen LogP contribution in [0.5, 0.6) is 63.2 Å². The number of rotatable bonds is 15. The fourth-order valence-corrected chi connectivity index (χ4v) is 20.3. The minimum atomic E-state index is -0.598. The van der Waals surface area contributed by atoms with Gasteiger partial charge in [0, 0.05) is 32.5 Å². The van der Waals surface area contributed by atoms with Gasteiger partial charge in [0.15, 0.2) is 0 Å². The normalized spacial score (nSPS) is 13.4. The Morgan fingerprint density at radius 1 is 0.159 bits per heavy atom. The quantitative estimate of drug-likeness (QED) is 0.0433. The average molecular weight is 1690 g/mol. The van der Waals surface area contributed by atoms with Gasteiger partial charge in [-0.2, -0.15) is 0 Å². The van der Waals surface area contributed by atoms with Crippen LogP contribution in [0, 0.1) is 152 Å². The molecule has 126 heavy (non-hydrogen) atoms. The molecule has 0 amide bonds. The van der Waals surface area contributed by atoms with E-state index in [1.54, 1.807) is 0 Å². The summed E-state index contributed by atoms with van der Waals surface area (Å²) < 4.78 is 0. The van der Waals surface area contributed by atoms with Crippen molar-refractivity contribution >= 4 is 0 Å². The standard InChI is InChI=1S/C42H46O4.C38H44O4.C35H40O3/c1-23-15-33(16-24(2)37(23)43)41(9,34-17-25(3)38(44)26(4)18-34)31-11-13-32(14-12-31)42(10,35-19-27(5)39(45)28(6)20-35)36-21-29(7)40(46)30(8)22-36;1-21-13-29(14-22(2)33(21)39)37(30-15-23(3)34(40)24(4)16-30)9-11-38(12-10-37,31-17-25(5)35(41)26(6)18-31)32-19-27(7)36(42)28(8)20-32;1-20-14-28(15-21(2)31(20)36)34(7,8)26-10-12-27(13-11-26)35(9,29-16-22(3)32(37)23(4)17-29)30-18-24(5)33(38)25(6)19-30/h11-22,43-46H,1-10H3;13-20,39-42H,9-12H2,1-8H3;10-19,36-38H,1-9H3. The van der Waals surface area contributed by atoms with Crippen LogP contribution < -0.4 is 0 Å². The average Bonchev–Trinajstić information content (AvgIpc) is 0.722. The van der Waals surface area contributed by atoms with Crippen LogP contribution >= 0.6 is 0 Å². The van der Waals surface area contributed by atoms with Crippen molar-refractivity contribution in [2.45, 2.75) is 245 Å². The van der Waals surface area contributed by atoms with Crippen molar-refractivity contribution < 1.29 is 56.2 Å². The molecule has 1 fully saturated rings. The maximum absolute atomic E-state index is 10.7. The zero-order chi connectivity index (χ0) is 92.8. The van der Waals surface area contributed by atoms with Gasteiger partial charge in [-0.05, 0) is 405 Å². The van der Waals surface area contributed by atoms with E-state index in [2.05, 4.69) is 217 Å². The molecule has 11 heteroatoms. The Morgan fingerprint density at radius 2 is 0.270 bits per heavy atom. The highest BCUT2D eigenvalue weighted by molar-refractivity contribution is 5.65. The third-order valence-electron chi connectivity index (χ3n) is 29.0. The molecule has 0 spiro atoms. The highest BCUT2D eigenvalue weighted by Crippen LogP contribution is 2.58. The Kier molecular flexibility index (Phi) is 25.4. The Labute approximate surface area is 747 Å². The van der Waals surface area contributed by atoms with E-state index in [1.807, 2.05) is 152 Å². The zero-order valence-corrected chi connectivity index (χ0v) is 79.1. The van der Waals surface area contributed by atoms with Crippen LogP contribution in [0.1, 0.15) is 266 Å². The van der Waals surface area contributed by atoms with E-state index in [-0.39, 0.29) is 16.2 Å². The van der Waals surface area contributed by atoms with Gasteiger partial charge >= 0.3 is 0 Å². The molecule has 0 heterocycles. The lowest BCUT2D eigenvalue weighted by Crippen LogP contribution is -2.41. The fraction of sp³-hybridized carbons (Fsp3) is 0.322. The van der Waals surface area contributed by atoms with E-state index >= 15 is 0 Å². The molecule has 1 aliphatic rings. The van der Waals surface area contributed by atoms with E-state index < -0.39 is 16.2 Å². The van der Waals surface area contributed by atoms with Gasteiger partial charge in [0.1, 0.15) is 63.2 Å². The predicted octanol–water partition coefficient (Wildman–Crippen LogP) is 26.8. The van der Waals surface area contributed by atoms with Crippen molar-refractivity contribution in [3.63, 3.8) is 0 Å². The summed E-state index contributed by atoms with van der Waals surface area (Å²) in [4.78, 5) is 0. The molecule has 13 aromatic carbocycles. The summed E-state index contributed by atoms with van der Waals surface area (Å²) in [7, 11) is 0. The molecule has 0 aromatic heterocycles. The molecule has 1 aliphatic carbocycles. The summed E-state index contributed by atoms with van der Waals surface area (Å²) in [5.74, 6) is 3.55. The van der Waals surface area contributed by atoms with E-state index in [9.17, 15) is 56.2 Å². The molecule has 1 saturated carbocycles. The van der Waals surface area contributed by atoms with Gasteiger partial charge in [-0.25, -0.2) is 0 Å². The number of aromatic hydroxyl groups is 11. The molecule has 11 N–H and O–H groups in total. The third kappa shape index (κ3) is 16.5. The van der Waals surface area contributed by atoms with Crippen LogP contribution in [0.2, 0.25) is 0 Å². The summed E-state index contributed by atoms with van der Waals surface area (Å²) in [6, 6.07) is 63.5. The molecule has 0 aliphatic heterocycles. The lowest BCUT2D eigenvalue weighted by Gasteiger charge is -2.49. The Morgan fingerprint density at radius 3 is 0.405 bits per heavy atom. The molecule has 0 atom stereocenters. The lowest BCUT2D eigenvalue weighted by atomic mass is 9.54. The first-order chi connectivity index (χ1) is 58.9. The van der Waals surface area contributed by atoms with Crippen molar-refractivity contribution in [1.82, 2.24) is 0 Å². The topological polar surface area (TPSA) is 223 Å². The first-order valence-corrected chi connectivity index (χ1v) is 44.0. The minimum Gasteiger partial charge on any atom is -0.507 e. The van der Waals surface area contributed by atoms with Gasteiger partial charge < -0.3 is 56.2 Å². The van der Waals surface area contributed by atoms with E-state index in [4.69, 9.17) is 0 Å². The number of aryl methyl sites for hydroxylation is 22. The van der Waals surface area contributed by atoms with E-state index in [0.29, 0.717) is 63.2 Å². The summed E-state index contributed by atoms with van der Waals surface area (Å²) in [6.45, 7) is 53.8. The monoisotopic (exact) mass is 1690 g/mol. The van der Waals surface area contributed by atoms with Crippen LogP contribution in [-0.2, 0) is 32.5 Å². The molecular formula is C115H130O11. The molecule has 656 valence electrons. The smallest absolute Gasteiger partial charge is 0.121 e. The second kappa shape index (κ2) is 34.5. The van der Waals surface area contributed by atoms with Gasteiger partial charge in [-0.3, -0.25) is 0 Å². The van der Waals surface area contributed by atoms with Gasteiger partial charge in [0.25, 0.3) is 0 Å². The highest BCUT2D eigenvalue weighted by Gasteiger charge is 2.48. The third-order valence-corrected chi connectivity index (χ3v) is 29.0.